The Bertz CT molecular complexity index is 800. The van der Waals surface area contributed by atoms with Gasteiger partial charge in [-0.3, -0.25) is 9.59 Å². The van der Waals surface area contributed by atoms with E-state index in [4.69, 9.17) is 4.74 Å². The highest BCUT2D eigenvalue weighted by Crippen LogP contribution is 2.22. The van der Waals surface area contributed by atoms with Crippen molar-refractivity contribution in [3.05, 3.63) is 54.1 Å². The minimum Gasteiger partial charge on any atom is -0.491 e. The molecule has 0 aliphatic rings. The van der Waals surface area contributed by atoms with E-state index in [1.165, 1.54) is 6.92 Å². The molecule has 0 fully saturated rings. The molecule has 0 spiro atoms. The molecule has 2 aromatic carbocycles. The zero-order valence-corrected chi connectivity index (χ0v) is 17.4. The van der Waals surface area contributed by atoms with Crippen LogP contribution in [0, 0.1) is 6.92 Å². The summed E-state index contributed by atoms with van der Waals surface area (Å²) in [6, 6.07) is 15.3. The second-order valence-electron chi connectivity index (χ2n) is 7.06. The molecule has 0 unspecified atom stereocenters. The number of carbonyl (C=O) groups excluding carboxylic acids is 2. The lowest BCUT2D eigenvalue weighted by Crippen LogP contribution is -2.36. The van der Waals surface area contributed by atoms with Gasteiger partial charge in [0.1, 0.15) is 5.75 Å². The van der Waals surface area contributed by atoms with Gasteiger partial charge in [0, 0.05) is 37.8 Å². The Morgan fingerprint density at radius 3 is 2.21 bits per heavy atom. The van der Waals surface area contributed by atoms with Gasteiger partial charge in [-0.25, -0.2) is 0 Å². The van der Waals surface area contributed by atoms with Crippen molar-refractivity contribution in [2.75, 3.05) is 22.9 Å². The molecule has 0 saturated heterocycles. The third-order valence-electron chi connectivity index (χ3n) is 4.38. The van der Waals surface area contributed by atoms with Gasteiger partial charge in [-0.15, -0.1) is 0 Å². The molecular formula is C23H30N2O3. The van der Waals surface area contributed by atoms with Crippen molar-refractivity contribution in [1.29, 1.82) is 0 Å². The Labute approximate surface area is 167 Å². The highest BCUT2D eigenvalue weighted by molar-refractivity contribution is 5.96. The lowest BCUT2D eigenvalue weighted by Gasteiger charge is -2.25. The van der Waals surface area contributed by atoms with Crippen LogP contribution in [0.4, 0.5) is 11.4 Å². The summed E-state index contributed by atoms with van der Waals surface area (Å²) >= 11 is 0. The first-order valence-corrected chi connectivity index (χ1v) is 9.73. The number of nitrogens with zero attached hydrogens (tertiary/aromatic N) is 2. The van der Waals surface area contributed by atoms with Gasteiger partial charge in [0.25, 0.3) is 0 Å². The fourth-order valence-electron chi connectivity index (χ4n) is 3.09. The Balaban J connectivity index is 2.07. The number of aryl methyl sites for hydroxylation is 1. The summed E-state index contributed by atoms with van der Waals surface area (Å²) in [6.45, 7) is 10.3. The van der Waals surface area contributed by atoms with Crippen LogP contribution in [-0.4, -0.2) is 31.0 Å². The van der Waals surface area contributed by atoms with Gasteiger partial charge in [0.05, 0.1) is 6.10 Å². The number of amides is 2. The van der Waals surface area contributed by atoms with Crippen LogP contribution in [0.3, 0.4) is 0 Å². The summed E-state index contributed by atoms with van der Waals surface area (Å²) < 4.78 is 5.65. The van der Waals surface area contributed by atoms with Crippen molar-refractivity contribution >= 4 is 23.2 Å². The molecule has 0 aliphatic carbocycles. The summed E-state index contributed by atoms with van der Waals surface area (Å²) in [5.41, 5.74) is 2.75. The quantitative estimate of drug-likeness (QED) is 0.671. The van der Waals surface area contributed by atoms with Gasteiger partial charge < -0.3 is 14.5 Å². The average Bonchev–Trinajstić information content (AvgIpc) is 2.63. The summed E-state index contributed by atoms with van der Waals surface area (Å²) in [7, 11) is 0. The molecule has 2 amide bonds. The van der Waals surface area contributed by atoms with E-state index in [2.05, 4.69) is 0 Å². The summed E-state index contributed by atoms with van der Waals surface area (Å²) in [5.74, 6) is 0.665. The summed E-state index contributed by atoms with van der Waals surface area (Å²) in [4.78, 5) is 28.3. The fraction of sp³-hybridized carbons (Fsp3) is 0.391. The number of rotatable bonds is 8. The lowest BCUT2D eigenvalue weighted by molar-refractivity contribution is -0.118. The SMILES string of the molecule is CCN(C(=O)CCN(C(C)=O)c1ccc(OC(C)C)cc1)c1cccc(C)c1. The zero-order chi connectivity index (χ0) is 20.7. The number of carbonyl (C=O) groups is 2. The molecule has 150 valence electrons. The van der Waals surface area contributed by atoms with Crippen molar-refractivity contribution < 1.29 is 14.3 Å². The van der Waals surface area contributed by atoms with Crippen LogP contribution < -0.4 is 14.5 Å². The second-order valence-corrected chi connectivity index (χ2v) is 7.06. The second kappa shape index (κ2) is 9.93. The standard InChI is InChI=1S/C23H30N2O3/c1-6-24(21-9-7-8-18(4)16-21)23(27)14-15-25(19(5)26)20-10-12-22(13-11-20)28-17(2)3/h7-13,16-17H,6,14-15H2,1-5H3. The maximum Gasteiger partial charge on any atom is 0.228 e. The van der Waals surface area contributed by atoms with Crippen LogP contribution in [0.2, 0.25) is 0 Å². The van der Waals surface area contributed by atoms with Crippen molar-refractivity contribution in [3.63, 3.8) is 0 Å². The van der Waals surface area contributed by atoms with E-state index in [9.17, 15) is 9.59 Å². The average molecular weight is 383 g/mol. The molecule has 0 heterocycles. The van der Waals surface area contributed by atoms with Crippen LogP contribution in [0.5, 0.6) is 5.75 Å². The largest absolute Gasteiger partial charge is 0.491 e. The molecule has 2 aromatic rings. The number of ether oxygens (including phenoxy) is 1. The third-order valence-corrected chi connectivity index (χ3v) is 4.38. The molecule has 0 bridgehead atoms. The van der Waals surface area contributed by atoms with Gasteiger partial charge in [0.15, 0.2) is 0 Å². The van der Waals surface area contributed by atoms with Gasteiger partial charge in [0.2, 0.25) is 11.8 Å². The van der Waals surface area contributed by atoms with Gasteiger partial charge in [-0.05, 0) is 69.7 Å². The van der Waals surface area contributed by atoms with E-state index >= 15 is 0 Å². The Hall–Kier alpha value is -2.82. The monoisotopic (exact) mass is 382 g/mol. The molecule has 0 aromatic heterocycles. The van der Waals surface area contributed by atoms with Gasteiger partial charge in [-0.1, -0.05) is 12.1 Å². The zero-order valence-electron chi connectivity index (χ0n) is 17.4. The third kappa shape index (κ3) is 5.84. The maximum absolute atomic E-state index is 12.8. The van der Waals surface area contributed by atoms with Crippen molar-refractivity contribution in [2.24, 2.45) is 0 Å². The molecule has 0 atom stereocenters. The van der Waals surface area contributed by atoms with Crippen LogP contribution in [0.15, 0.2) is 48.5 Å². The van der Waals surface area contributed by atoms with Crippen molar-refractivity contribution in [3.8, 4) is 5.75 Å². The maximum atomic E-state index is 12.8. The first-order chi connectivity index (χ1) is 13.3. The lowest BCUT2D eigenvalue weighted by atomic mass is 10.2. The van der Waals surface area contributed by atoms with E-state index in [1.807, 2.05) is 76.2 Å². The van der Waals surface area contributed by atoms with E-state index in [0.29, 0.717) is 13.1 Å². The molecule has 5 heteroatoms. The minimum absolute atomic E-state index is 0.000823. The van der Waals surface area contributed by atoms with Crippen LogP contribution in [-0.2, 0) is 9.59 Å². The van der Waals surface area contributed by atoms with Crippen LogP contribution in [0.1, 0.15) is 39.7 Å². The summed E-state index contributed by atoms with van der Waals surface area (Å²) in [5, 5.41) is 0. The van der Waals surface area contributed by atoms with E-state index in [0.717, 1.165) is 22.7 Å². The topological polar surface area (TPSA) is 49.9 Å². The first kappa shape index (κ1) is 21.5. The number of hydrogen-bond acceptors (Lipinski definition) is 3. The van der Waals surface area contributed by atoms with Crippen molar-refractivity contribution in [1.82, 2.24) is 0 Å². The predicted octanol–water partition coefficient (Wildman–Crippen LogP) is 4.58. The van der Waals surface area contributed by atoms with E-state index < -0.39 is 0 Å². The summed E-state index contributed by atoms with van der Waals surface area (Å²) in [6.07, 6.45) is 0.347. The molecule has 28 heavy (non-hydrogen) atoms. The molecule has 5 nitrogen and oxygen atoms in total. The van der Waals surface area contributed by atoms with Gasteiger partial charge >= 0.3 is 0 Å². The highest BCUT2D eigenvalue weighted by Gasteiger charge is 2.18. The first-order valence-electron chi connectivity index (χ1n) is 9.73. The normalized spacial score (nSPS) is 10.6. The van der Waals surface area contributed by atoms with Crippen molar-refractivity contribution in [2.45, 2.75) is 47.1 Å². The molecular weight excluding hydrogens is 352 g/mol. The molecule has 0 saturated carbocycles. The smallest absolute Gasteiger partial charge is 0.228 e. The molecule has 0 aliphatic heterocycles. The molecule has 2 rings (SSSR count). The highest BCUT2D eigenvalue weighted by atomic mass is 16.5. The van der Waals surface area contributed by atoms with E-state index in [-0.39, 0.29) is 24.3 Å². The Morgan fingerprint density at radius 2 is 1.68 bits per heavy atom. The Morgan fingerprint density at radius 1 is 1.00 bits per heavy atom. The molecule has 0 N–H and O–H groups in total. The number of benzene rings is 2. The van der Waals surface area contributed by atoms with Crippen LogP contribution in [0.25, 0.3) is 0 Å². The Kier molecular flexibility index (Phi) is 7.61. The fourth-order valence-corrected chi connectivity index (χ4v) is 3.09. The van der Waals surface area contributed by atoms with Crippen LogP contribution >= 0.6 is 0 Å². The number of anilines is 2. The minimum atomic E-state index is -0.0936. The number of hydrogen-bond donors (Lipinski definition) is 0. The van der Waals surface area contributed by atoms with E-state index in [1.54, 1.807) is 9.80 Å². The van der Waals surface area contributed by atoms with Gasteiger partial charge in [-0.2, -0.15) is 0 Å². The molecule has 0 radical (unpaired) electrons. The predicted molar refractivity (Wildman–Crippen MR) is 114 cm³/mol.